The summed E-state index contributed by atoms with van der Waals surface area (Å²) in [5.74, 6) is 0. The molecule has 13 heavy (non-hydrogen) atoms. The zero-order valence-corrected chi connectivity index (χ0v) is 8.76. The summed E-state index contributed by atoms with van der Waals surface area (Å²) in [7, 11) is 0. The molecule has 0 aromatic rings. The Labute approximate surface area is 82.0 Å². The first kappa shape index (κ1) is 10.7. The fourth-order valence-corrected chi connectivity index (χ4v) is 1.72. The quantitative estimate of drug-likeness (QED) is 0.496. The first-order valence-corrected chi connectivity index (χ1v) is 5.41. The molecule has 1 fully saturated rings. The van der Waals surface area contributed by atoms with Crippen molar-refractivity contribution in [2.75, 3.05) is 26.2 Å². The smallest absolute Gasteiger partial charge is 0.0219 e. The SMILES string of the molecule is C=CC(C)NCCCN1CCCC1. The molecule has 1 aliphatic rings. The average molecular weight is 182 g/mol. The van der Waals surface area contributed by atoms with Gasteiger partial charge in [0.25, 0.3) is 0 Å². The first-order chi connectivity index (χ1) is 6.33. The zero-order valence-electron chi connectivity index (χ0n) is 8.76. The van der Waals surface area contributed by atoms with Gasteiger partial charge in [0.15, 0.2) is 0 Å². The van der Waals surface area contributed by atoms with Crippen LogP contribution in [0.2, 0.25) is 0 Å². The van der Waals surface area contributed by atoms with Gasteiger partial charge in [-0.05, 0) is 52.4 Å². The van der Waals surface area contributed by atoms with E-state index in [9.17, 15) is 0 Å². The summed E-state index contributed by atoms with van der Waals surface area (Å²) in [5, 5.41) is 3.41. The van der Waals surface area contributed by atoms with Gasteiger partial charge >= 0.3 is 0 Å². The number of likely N-dealkylation sites (tertiary alicyclic amines) is 1. The highest BCUT2D eigenvalue weighted by Gasteiger charge is 2.09. The van der Waals surface area contributed by atoms with E-state index < -0.39 is 0 Å². The summed E-state index contributed by atoms with van der Waals surface area (Å²) in [5.41, 5.74) is 0. The normalized spacial score (nSPS) is 20.4. The second kappa shape index (κ2) is 6.17. The van der Waals surface area contributed by atoms with Crippen LogP contribution in [0.1, 0.15) is 26.2 Å². The van der Waals surface area contributed by atoms with E-state index in [0.717, 1.165) is 6.54 Å². The third-order valence-corrected chi connectivity index (χ3v) is 2.67. The summed E-state index contributed by atoms with van der Waals surface area (Å²) >= 11 is 0. The van der Waals surface area contributed by atoms with E-state index in [2.05, 4.69) is 23.7 Å². The largest absolute Gasteiger partial charge is 0.311 e. The molecule has 2 heteroatoms. The first-order valence-electron chi connectivity index (χ1n) is 5.41. The van der Waals surface area contributed by atoms with Gasteiger partial charge in [0.1, 0.15) is 0 Å². The summed E-state index contributed by atoms with van der Waals surface area (Å²) in [6, 6.07) is 0.457. The Balaban J connectivity index is 1.91. The molecule has 0 aromatic carbocycles. The maximum absolute atomic E-state index is 3.74. The van der Waals surface area contributed by atoms with E-state index in [-0.39, 0.29) is 0 Å². The topological polar surface area (TPSA) is 15.3 Å². The van der Waals surface area contributed by atoms with Crippen molar-refractivity contribution >= 4 is 0 Å². The Bertz CT molecular complexity index is 139. The fraction of sp³-hybridized carbons (Fsp3) is 0.818. The van der Waals surface area contributed by atoms with Crippen LogP contribution in [0.3, 0.4) is 0 Å². The van der Waals surface area contributed by atoms with Gasteiger partial charge in [0, 0.05) is 6.04 Å². The summed E-state index contributed by atoms with van der Waals surface area (Å²) in [4.78, 5) is 2.56. The summed E-state index contributed by atoms with van der Waals surface area (Å²) in [6.45, 7) is 10.9. The van der Waals surface area contributed by atoms with E-state index in [4.69, 9.17) is 0 Å². The Morgan fingerprint density at radius 1 is 1.46 bits per heavy atom. The van der Waals surface area contributed by atoms with Crippen molar-refractivity contribution in [2.45, 2.75) is 32.2 Å². The van der Waals surface area contributed by atoms with E-state index in [0.29, 0.717) is 6.04 Å². The van der Waals surface area contributed by atoms with Crippen LogP contribution < -0.4 is 5.32 Å². The van der Waals surface area contributed by atoms with Gasteiger partial charge in [-0.15, -0.1) is 6.58 Å². The van der Waals surface area contributed by atoms with Gasteiger partial charge in [-0.25, -0.2) is 0 Å². The summed E-state index contributed by atoms with van der Waals surface area (Å²) in [6.07, 6.45) is 6.01. The number of nitrogens with zero attached hydrogens (tertiary/aromatic N) is 1. The molecule has 76 valence electrons. The van der Waals surface area contributed by atoms with Gasteiger partial charge in [-0.1, -0.05) is 6.08 Å². The lowest BCUT2D eigenvalue weighted by atomic mass is 10.3. The molecule has 0 aliphatic carbocycles. The Kier molecular flexibility index (Phi) is 5.09. The second-order valence-corrected chi connectivity index (χ2v) is 3.88. The Morgan fingerprint density at radius 2 is 2.15 bits per heavy atom. The van der Waals surface area contributed by atoms with Crippen LogP contribution in [-0.2, 0) is 0 Å². The minimum Gasteiger partial charge on any atom is -0.311 e. The molecule has 1 saturated heterocycles. The number of rotatable bonds is 6. The third-order valence-electron chi connectivity index (χ3n) is 2.67. The third kappa shape index (κ3) is 4.44. The van der Waals surface area contributed by atoms with Crippen molar-refractivity contribution in [3.63, 3.8) is 0 Å². The lowest BCUT2D eigenvalue weighted by Gasteiger charge is -2.15. The number of hydrogen-bond acceptors (Lipinski definition) is 2. The molecule has 0 spiro atoms. The van der Waals surface area contributed by atoms with Gasteiger partial charge in [0.2, 0.25) is 0 Å². The molecule has 1 aliphatic heterocycles. The summed E-state index contributed by atoms with van der Waals surface area (Å²) < 4.78 is 0. The number of hydrogen-bond donors (Lipinski definition) is 1. The van der Waals surface area contributed by atoms with Crippen molar-refractivity contribution in [1.29, 1.82) is 0 Å². The standard InChI is InChI=1S/C11H22N2/c1-3-11(2)12-7-6-10-13-8-4-5-9-13/h3,11-12H,1,4-10H2,2H3. The average Bonchev–Trinajstić information content (AvgIpc) is 2.64. The predicted octanol–water partition coefficient (Wildman–Crippen LogP) is 1.64. The van der Waals surface area contributed by atoms with E-state index in [1.54, 1.807) is 0 Å². The minimum absolute atomic E-state index is 0.457. The van der Waals surface area contributed by atoms with Crippen LogP contribution in [-0.4, -0.2) is 37.1 Å². The van der Waals surface area contributed by atoms with Gasteiger partial charge < -0.3 is 10.2 Å². The highest BCUT2D eigenvalue weighted by Crippen LogP contribution is 2.06. The lowest BCUT2D eigenvalue weighted by Crippen LogP contribution is -2.28. The zero-order chi connectivity index (χ0) is 9.52. The fourth-order valence-electron chi connectivity index (χ4n) is 1.72. The van der Waals surface area contributed by atoms with Crippen LogP contribution in [0, 0.1) is 0 Å². The van der Waals surface area contributed by atoms with Crippen LogP contribution in [0.5, 0.6) is 0 Å². The van der Waals surface area contributed by atoms with Gasteiger partial charge in [-0.3, -0.25) is 0 Å². The second-order valence-electron chi connectivity index (χ2n) is 3.88. The Hall–Kier alpha value is -0.340. The van der Waals surface area contributed by atoms with E-state index >= 15 is 0 Å². The van der Waals surface area contributed by atoms with E-state index in [1.165, 1.54) is 38.9 Å². The maximum Gasteiger partial charge on any atom is 0.0219 e. The van der Waals surface area contributed by atoms with E-state index in [1.807, 2.05) is 6.08 Å². The van der Waals surface area contributed by atoms with Gasteiger partial charge in [-0.2, -0.15) is 0 Å². The predicted molar refractivity (Wildman–Crippen MR) is 58.0 cm³/mol. The molecule has 1 rings (SSSR count). The van der Waals surface area contributed by atoms with Crippen molar-refractivity contribution in [3.05, 3.63) is 12.7 Å². The van der Waals surface area contributed by atoms with Crippen LogP contribution >= 0.6 is 0 Å². The van der Waals surface area contributed by atoms with Crippen molar-refractivity contribution in [1.82, 2.24) is 10.2 Å². The molecule has 0 amide bonds. The molecule has 0 saturated carbocycles. The minimum atomic E-state index is 0.457. The number of nitrogens with one attached hydrogen (secondary N) is 1. The van der Waals surface area contributed by atoms with Gasteiger partial charge in [0.05, 0.1) is 0 Å². The molecular weight excluding hydrogens is 160 g/mol. The molecule has 1 N–H and O–H groups in total. The molecular formula is C11H22N2. The monoisotopic (exact) mass is 182 g/mol. The maximum atomic E-state index is 3.74. The molecule has 0 radical (unpaired) electrons. The van der Waals surface area contributed by atoms with Crippen molar-refractivity contribution in [3.8, 4) is 0 Å². The van der Waals surface area contributed by atoms with Crippen molar-refractivity contribution in [2.24, 2.45) is 0 Å². The molecule has 1 unspecified atom stereocenters. The molecule has 1 atom stereocenters. The lowest BCUT2D eigenvalue weighted by molar-refractivity contribution is 0.330. The molecule has 2 nitrogen and oxygen atoms in total. The Morgan fingerprint density at radius 3 is 2.77 bits per heavy atom. The van der Waals surface area contributed by atoms with Crippen molar-refractivity contribution < 1.29 is 0 Å². The van der Waals surface area contributed by atoms with Crippen LogP contribution in [0.25, 0.3) is 0 Å². The highest BCUT2D eigenvalue weighted by atomic mass is 15.1. The van der Waals surface area contributed by atoms with Crippen LogP contribution in [0.15, 0.2) is 12.7 Å². The molecule has 0 bridgehead atoms. The van der Waals surface area contributed by atoms with Crippen LogP contribution in [0.4, 0.5) is 0 Å². The molecule has 1 heterocycles. The molecule has 0 aromatic heterocycles. The highest BCUT2D eigenvalue weighted by molar-refractivity contribution is 4.81.